The molecule has 3 aromatic carbocycles. The molecule has 47 heavy (non-hydrogen) atoms. The average molecular weight is 669 g/mol. The number of nitrogens with one attached hydrogen (secondary N) is 1. The summed E-state index contributed by atoms with van der Waals surface area (Å²) in [7, 11) is 4.75. The summed E-state index contributed by atoms with van der Waals surface area (Å²) < 4.78 is 18.3. The van der Waals surface area contributed by atoms with Gasteiger partial charge in [0, 0.05) is 23.2 Å². The Morgan fingerprint density at radius 1 is 0.915 bits per heavy atom. The van der Waals surface area contributed by atoms with Crippen LogP contribution in [-0.4, -0.2) is 64.4 Å². The molecule has 0 fully saturated rings. The highest BCUT2D eigenvalue weighted by Crippen LogP contribution is 2.42. The highest BCUT2D eigenvalue weighted by Gasteiger charge is 2.36. The fraction of sp³-hybridized carbons (Fsp3) is 0.206. The van der Waals surface area contributed by atoms with Crippen molar-refractivity contribution in [3.8, 4) is 22.9 Å². The van der Waals surface area contributed by atoms with E-state index in [9.17, 15) is 9.59 Å². The lowest BCUT2D eigenvalue weighted by atomic mass is 9.99. The van der Waals surface area contributed by atoms with Crippen molar-refractivity contribution < 1.29 is 23.8 Å². The van der Waals surface area contributed by atoms with Crippen molar-refractivity contribution >= 4 is 40.6 Å². The fourth-order valence-corrected chi connectivity index (χ4v) is 6.83. The summed E-state index contributed by atoms with van der Waals surface area (Å²) in [5, 5.41) is 20.6. The minimum absolute atomic E-state index is 0.0488. The Hall–Kier alpha value is -5.14. The molecule has 1 atom stereocenters. The van der Waals surface area contributed by atoms with E-state index in [2.05, 4.69) is 15.5 Å². The highest BCUT2D eigenvalue weighted by atomic mass is 32.2. The number of hydrogen-bond acceptors (Lipinski definition) is 10. The summed E-state index contributed by atoms with van der Waals surface area (Å²) >= 11 is 2.84. The van der Waals surface area contributed by atoms with Crippen molar-refractivity contribution in [2.24, 2.45) is 5.10 Å². The molecule has 0 bridgehead atoms. The molecule has 0 unspecified atom stereocenters. The number of nitrogens with zero attached hydrogens (tertiary/aromatic N) is 5. The molecule has 0 spiro atoms. The molecule has 11 nitrogen and oxygen atoms in total. The van der Waals surface area contributed by atoms with Gasteiger partial charge in [0.2, 0.25) is 0 Å². The van der Waals surface area contributed by atoms with Crippen LogP contribution in [0.5, 0.6) is 17.2 Å². The van der Waals surface area contributed by atoms with Crippen LogP contribution < -0.4 is 19.5 Å². The zero-order chi connectivity index (χ0) is 32.8. The topological polar surface area (TPSA) is 120 Å². The molecule has 1 aliphatic rings. The average Bonchev–Trinajstić information content (AvgIpc) is 3.90. The van der Waals surface area contributed by atoms with Crippen LogP contribution in [0, 0.1) is 0 Å². The van der Waals surface area contributed by atoms with Gasteiger partial charge in [-0.25, -0.2) is 5.01 Å². The Bertz CT molecular complexity index is 1880. The molecular formula is C34H32N6O5S2. The van der Waals surface area contributed by atoms with E-state index in [1.807, 2.05) is 70.6 Å². The van der Waals surface area contributed by atoms with E-state index in [-0.39, 0.29) is 30.2 Å². The van der Waals surface area contributed by atoms with Crippen LogP contribution >= 0.6 is 23.1 Å². The maximum Gasteiger partial charge on any atom is 0.253 e. The number of carbonyl (C=O) groups is 2. The third kappa shape index (κ3) is 6.86. The first-order valence-corrected chi connectivity index (χ1v) is 16.6. The zero-order valence-electron chi connectivity index (χ0n) is 26.0. The quantitative estimate of drug-likeness (QED) is 0.167. The number of carbonyl (C=O) groups excluding carboxylic acids is 2. The summed E-state index contributed by atoms with van der Waals surface area (Å²) in [6, 6.07) is 25.7. The number of hydrazone groups is 1. The van der Waals surface area contributed by atoms with Gasteiger partial charge in [0.15, 0.2) is 22.5 Å². The van der Waals surface area contributed by atoms with Crippen LogP contribution in [0.4, 0.5) is 0 Å². The summed E-state index contributed by atoms with van der Waals surface area (Å²) in [6.07, 6.45) is 0.526. The van der Waals surface area contributed by atoms with Crippen LogP contribution in [0.15, 0.2) is 101 Å². The van der Waals surface area contributed by atoms with Crippen molar-refractivity contribution in [3.63, 3.8) is 0 Å². The molecule has 3 heterocycles. The number of thioether (sulfide) groups is 1. The fourth-order valence-electron chi connectivity index (χ4n) is 5.29. The maximum atomic E-state index is 13.9. The third-order valence-electron chi connectivity index (χ3n) is 7.56. The lowest BCUT2D eigenvalue weighted by molar-refractivity contribution is -0.130. The standard InChI is InChI=1S/C34H32N6O5S2/c1-43-24-16-14-22(15-17-24)33(42)35-20-30-36-37-34(39(30)23-9-5-4-6-10-23)47-21-31(41)40-27(19-26(38-40)29-13-8-18-46-29)25-11-7-12-28(44-2)32(25)45-3/h4-18,27H,19-21H2,1-3H3,(H,35,42)/t27-/m1/s1. The predicted molar refractivity (Wildman–Crippen MR) is 181 cm³/mol. The van der Waals surface area contributed by atoms with E-state index in [1.165, 1.54) is 11.8 Å². The number of rotatable bonds is 12. The molecule has 6 rings (SSSR count). The molecule has 0 radical (unpaired) electrons. The predicted octanol–water partition coefficient (Wildman–Crippen LogP) is 5.75. The van der Waals surface area contributed by atoms with Gasteiger partial charge in [-0.05, 0) is 53.9 Å². The molecule has 1 aliphatic heterocycles. The van der Waals surface area contributed by atoms with Gasteiger partial charge < -0.3 is 19.5 Å². The minimum atomic E-state index is -0.388. The van der Waals surface area contributed by atoms with Crippen molar-refractivity contribution in [2.45, 2.75) is 24.2 Å². The van der Waals surface area contributed by atoms with Gasteiger partial charge in [-0.3, -0.25) is 14.2 Å². The van der Waals surface area contributed by atoms with E-state index in [0.29, 0.717) is 40.2 Å². The first kappa shape index (κ1) is 31.8. The van der Waals surface area contributed by atoms with Gasteiger partial charge in [-0.2, -0.15) is 5.10 Å². The summed E-state index contributed by atoms with van der Waals surface area (Å²) in [6.45, 7) is 0.125. The molecule has 13 heteroatoms. The normalized spacial score (nSPS) is 14.1. The molecule has 2 aromatic heterocycles. The molecule has 2 amide bonds. The second-order valence-corrected chi connectivity index (χ2v) is 12.2. The van der Waals surface area contributed by atoms with Gasteiger partial charge in [-0.1, -0.05) is 48.2 Å². The second-order valence-electron chi connectivity index (χ2n) is 10.3. The number of methoxy groups -OCH3 is 3. The Balaban J connectivity index is 1.24. The SMILES string of the molecule is COc1ccc(C(=O)NCc2nnc(SCC(=O)N3N=C(c4cccs4)C[C@@H]3c3cccc(OC)c3OC)n2-c2ccccc2)cc1. The van der Waals surface area contributed by atoms with E-state index >= 15 is 0 Å². The van der Waals surface area contributed by atoms with Crippen molar-refractivity contribution in [1.29, 1.82) is 0 Å². The largest absolute Gasteiger partial charge is 0.497 e. The lowest BCUT2D eigenvalue weighted by Crippen LogP contribution is -2.29. The number of hydrogen-bond donors (Lipinski definition) is 1. The smallest absolute Gasteiger partial charge is 0.253 e. The molecule has 0 saturated heterocycles. The van der Waals surface area contributed by atoms with Crippen LogP contribution in [-0.2, 0) is 11.3 Å². The molecule has 1 N–H and O–H groups in total. The number of para-hydroxylation sites is 2. The number of benzene rings is 3. The summed E-state index contributed by atoms with van der Waals surface area (Å²) in [5.74, 6) is 1.93. The zero-order valence-corrected chi connectivity index (χ0v) is 27.6. The molecule has 240 valence electrons. The van der Waals surface area contributed by atoms with Gasteiger partial charge in [-0.15, -0.1) is 21.5 Å². The van der Waals surface area contributed by atoms with Gasteiger partial charge in [0.25, 0.3) is 11.8 Å². The Kier molecular flexibility index (Phi) is 9.83. The minimum Gasteiger partial charge on any atom is -0.497 e. The van der Waals surface area contributed by atoms with Crippen LogP contribution in [0.25, 0.3) is 5.69 Å². The van der Waals surface area contributed by atoms with Crippen molar-refractivity contribution in [2.75, 3.05) is 27.1 Å². The Labute approximate surface area is 280 Å². The Morgan fingerprint density at radius 3 is 2.43 bits per heavy atom. The van der Waals surface area contributed by atoms with E-state index < -0.39 is 0 Å². The maximum absolute atomic E-state index is 13.9. The molecule has 0 saturated carbocycles. The molecular weight excluding hydrogens is 637 g/mol. The summed E-state index contributed by atoms with van der Waals surface area (Å²) in [5.41, 5.74) is 2.94. The van der Waals surface area contributed by atoms with Crippen LogP contribution in [0.1, 0.15) is 39.1 Å². The highest BCUT2D eigenvalue weighted by molar-refractivity contribution is 7.99. The first-order chi connectivity index (χ1) is 23.0. The van der Waals surface area contributed by atoms with E-state index in [1.54, 1.807) is 61.9 Å². The number of thiophene rings is 1. The van der Waals surface area contributed by atoms with Crippen LogP contribution in [0.2, 0.25) is 0 Å². The van der Waals surface area contributed by atoms with E-state index in [0.717, 1.165) is 21.8 Å². The van der Waals surface area contributed by atoms with Gasteiger partial charge in [0.05, 0.1) is 50.3 Å². The number of aromatic nitrogens is 3. The third-order valence-corrected chi connectivity index (χ3v) is 9.40. The van der Waals surface area contributed by atoms with Crippen LogP contribution in [0.3, 0.4) is 0 Å². The van der Waals surface area contributed by atoms with Crippen molar-refractivity contribution in [1.82, 2.24) is 25.1 Å². The lowest BCUT2D eigenvalue weighted by Gasteiger charge is -2.24. The molecule has 5 aromatic rings. The van der Waals surface area contributed by atoms with Gasteiger partial charge >= 0.3 is 0 Å². The van der Waals surface area contributed by atoms with E-state index in [4.69, 9.17) is 19.3 Å². The first-order valence-electron chi connectivity index (χ1n) is 14.7. The molecule has 0 aliphatic carbocycles. The number of amides is 2. The summed E-state index contributed by atoms with van der Waals surface area (Å²) in [4.78, 5) is 27.8. The monoisotopic (exact) mass is 668 g/mol. The van der Waals surface area contributed by atoms with Crippen molar-refractivity contribution in [3.05, 3.63) is 112 Å². The Morgan fingerprint density at radius 2 is 1.72 bits per heavy atom. The van der Waals surface area contributed by atoms with Gasteiger partial charge in [0.1, 0.15) is 5.75 Å². The number of ether oxygens (including phenoxy) is 3. The second kappa shape index (κ2) is 14.5.